The minimum atomic E-state index is -0.550. The summed E-state index contributed by atoms with van der Waals surface area (Å²) in [5.41, 5.74) is 0.450. The first-order chi connectivity index (χ1) is 18.6. The van der Waals surface area contributed by atoms with E-state index >= 15 is 0 Å². The third-order valence-corrected chi connectivity index (χ3v) is 6.78. The number of hydrogen-bond donors (Lipinski definition) is 2. The van der Waals surface area contributed by atoms with E-state index in [-0.39, 0.29) is 31.0 Å². The number of carbonyl (C=O) groups excluding carboxylic acids is 4. The Kier molecular flexibility index (Phi) is 13.8. The number of esters is 1. The molecule has 3 amide bonds. The standard InChI is InChI=1S/C25H35N3O7.C4H10/c1-34-25(32)19-6-8-21(9-7-19)35-22-10-12-27(13-11-22)23(30)15-26-24(31)20(16-28(33)17-29)14-18-4-2-3-5-18;1-4(2)3/h6-9,17-18,20,22,33H,2-5,10-16H2,1H3,(H,26,31);4H,1-3H3. The molecule has 0 aromatic heterocycles. The zero-order valence-electron chi connectivity index (χ0n) is 23.8. The highest BCUT2D eigenvalue weighted by molar-refractivity contribution is 5.89. The molecule has 1 aliphatic heterocycles. The zero-order chi connectivity index (χ0) is 28.8. The predicted molar refractivity (Wildman–Crippen MR) is 146 cm³/mol. The van der Waals surface area contributed by atoms with Crippen LogP contribution in [0.3, 0.4) is 0 Å². The van der Waals surface area contributed by atoms with Gasteiger partial charge in [0.1, 0.15) is 11.9 Å². The molecule has 0 bridgehead atoms. The van der Waals surface area contributed by atoms with Gasteiger partial charge in [-0.1, -0.05) is 46.5 Å². The fraction of sp³-hybridized carbons (Fsp3) is 0.655. The molecule has 39 heavy (non-hydrogen) atoms. The van der Waals surface area contributed by atoms with Crippen molar-refractivity contribution in [3.8, 4) is 5.75 Å². The highest BCUT2D eigenvalue weighted by atomic mass is 16.5. The van der Waals surface area contributed by atoms with E-state index in [1.54, 1.807) is 29.2 Å². The molecule has 1 unspecified atom stereocenters. The zero-order valence-corrected chi connectivity index (χ0v) is 23.8. The summed E-state index contributed by atoms with van der Waals surface area (Å²) in [4.78, 5) is 49.4. The Morgan fingerprint density at radius 3 is 2.21 bits per heavy atom. The van der Waals surface area contributed by atoms with Crippen LogP contribution in [-0.2, 0) is 19.1 Å². The molecule has 1 atom stereocenters. The van der Waals surface area contributed by atoms with Crippen molar-refractivity contribution < 1.29 is 33.9 Å². The van der Waals surface area contributed by atoms with E-state index in [0.29, 0.717) is 61.1 Å². The summed E-state index contributed by atoms with van der Waals surface area (Å²) in [6.07, 6.45) is 6.49. The van der Waals surface area contributed by atoms with Crippen molar-refractivity contribution in [1.29, 1.82) is 0 Å². The van der Waals surface area contributed by atoms with Gasteiger partial charge in [-0.05, 0) is 42.5 Å². The van der Waals surface area contributed by atoms with Crippen molar-refractivity contribution in [2.24, 2.45) is 17.8 Å². The number of rotatable bonds is 11. The van der Waals surface area contributed by atoms with Gasteiger partial charge in [0, 0.05) is 25.9 Å². The maximum Gasteiger partial charge on any atom is 0.337 e. The average Bonchev–Trinajstić information content (AvgIpc) is 3.44. The van der Waals surface area contributed by atoms with Gasteiger partial charge in [0.15, 0.2) is 0 Å². The lowest BCUT2D eigenvalue weighted by Crippen LogP contribution is -2.47. The normalized spacial score (nSPS) is 16.6. The molecule has 1 saturated heterocycles. The number of nitrogens with one attached hydrogen (secondary N) is 1. The van der Waals surface area contributed by atoms with Crippen LogP contribution in [0.4, 0.5) is 0 Å². The van der Waals surface area contributed by atoms with Gasteiger partial charge >= 0.3 is 5.97 Å². The topological polar surface area (TPSA) is 125 Å². The lowest BCUT2D eigenvalue weighted by molar-refractivity contribution is -0.155. The number of ether oxygens (including phenoxy) is 2. The molecule has 218 valence electrons. The molecule has 1 aromatic rings. The Labute approximate surface area is 232 Å². The smallest absolute Gasteiger partial charge is 0.337 e. The first-order valence-electron chi connectivity index (χ1n) is 13.9. The van der Waals surface area contributed by atoms with Crippen LogP contribution in [0, 0.1) is 17.8 Å². The second-order valence-electron chi connectivity index (χ2n) is 11.0. The van der Waals surface area contributed by atoms with Gasteiger partial charge in [0.2, 0.25) is 18.2 Å². The Balaban J connectivity index is 0.00000124. The quantitative estimate of drug-likeness (QED) is 0.187. The van der Waals surface area contributed by atoms with Crippen LogP contribution >= 0.6 is 0 Å². The van der Waals surface area contributed by atoms with Gasteiger partial charge in [-0.25, -0.2) is 9.86 Å². The Morgan fingerprint density at radius 1 is 1.08 bits per heavy atom. The van der Waals surface area contributed by atoms with Crippen molar-refractivity contribution in [1.82, 2.24) is 15.3 Å². The molecule has 1 saturated carbocycles. The average molecular weight is 548 g/mol. The number of methoxy groups -OCH3 is 1. The number of benzene rings is 1. The Hall–Kier alpha value is -3.14. The number of hydroxylamine groups is 2. The largest absolute Gasteiger partial charge is 0.490 e. The molecule has 10 nitrogen and oxygen atoms in total. The number of carbonyl (C=O) groups is 4. The molecular formula is C29H45N3O7. The highest BCUT2D eigenvalue weighted by Gasteiger charge is 2.28. The Morgan fingerprint density at radius 2 is 1.67 bits per heavy atom. The first-order valence-corrected chi connectivity index (χ1v) is 13.9. The minimum absolute atomic E-state index is 0.0488. The van der Waals surface area contributed by atoms with Crippen molar-refractivity contribution >= 4 is 24.2 Å². The number of amides is 3. The van der Waals surface area contributed by atoms with Gasteiger partial charge in [-0.2, -0.15) is 0 Å². The van der Waals surface area contributed by atoms with Gasteiger partial charge < -0.3 is 19.7 Å². The van der Waals surface area contributed by atoms with E-state index in [9.17, 15) is 24.4 Å². The second kappa shape index (κ2) is 16.7. The Bertz CT molecular complexity index is 905. The van der Waals surface area contributed by atoms with Crippen molar-refractivity contribution in [2.75, 3.05) is 33.3 Å². The van der Waals surface area contributed by atoms with E-state index in [1.165, 1.54) is 7.11 Å². The van der Waals surface area contributed by atoms with E-state index in [1.807, 2.05) is 0 Å². The molecule has 0 spiro atoms. The summed E-state index contributed by atoms with van der Waals surface area (Å²) < 4.78 is 10.7. The molecule has 10 heteroatoms. The summed E-state index contributed by atoms with van der Waals surface area (Å²) in [5, 5.41) is 12.8. The third kappa shape index (κ3) is 11.6. The van der Waals surface area contributed by atoms with Gasteiger partial charge in [-0.15, -0.1) is 0 Å². The molecule has 1 heterocycles. The number of likely N-dealkylation sites (tertiary alicyclic amines) is 1. The van der Waals surface area contributed by atoms with Crippen LogP contribution in [0.1, 0.15) is 76.1 Å². The number of nitrogens with zero attached hydrogens (tertiary/aromatic N) is 2. The van der Waals surface area contributed by atoms with E-state index in [0.717, 1.165) is 31.6 Å². The summed E-state index contributed by atoms with van der Waals surface area (Å²) in [5.74, 6) is 0.437. The lowest BCUT2D eigenvalue weighted by atomic mass is 9.92. The van der Waals surface area contributed by atoms with Crippen molar-refractivity contribution in [3.63, 3.8) is 0 Å². The van der Waals surface area contributed by atoms with Crippen molar-refractivity contribution in [2.45, 2.75) is 71.8 Å². The molecule has 2 fully saturated rings. The van der Waals surface area contributed by atoms with Crippen LogP contribution in [-0.4, -0.2) is 78.8 Å². The predicted octanol–water partition coefficient (Wildman–Crippen LogP) is 3.67. The molecule has 1 aromatic carbocycles. The lowest BCUT2D eigenvalue weighted by Gasteiger charge is -2.32. The van der Waals surface area contributed by atoms with Crippen LogP contribution in [0.15, 0.2) is 24.3 Å². The number of piperidine rings is 1. The summed E-state index contributed by atoms with van der Waals surface area (Å²) in [6, 6.07) is 6.74. The molecule has 3 rings (SSSR count). The molecule has 0 radical (unpaired) electrons. The maximum atomic E-state index is 12.7. The van der Waals surface area contributed by atoms with Crippen LogP contribution in [0.2, 0.25) is 0 Å². The van der Waals surface area contributed by atoms with Crippen LogP contribution in [0.25, 0.3) is 0 Å². The van der Waals surface area contributed by atoms with E-state index in [2.05, 4.69) is 30.8 Å². The third-order valence-electron chi connectivity index (χ3n) is 6.78. The van der Waals surface area contributed by atoms with Gasteiger partial charge in [-0.3, -0.25) is 19.6 Å². The summed E-state index contributed by atoms with van der Waals surface area (Å²) in [6.45, 7) is 7.33. The second-order valence-corrected chi connectivity index (χ2v) is 11.0. The monoisotopic (exact) mass is 547 g/mol. The van der Waals surface area contributed by atoms with E-state index in [4.69, 9.17) is 4.74 Å². The SMILES string of the molecule is CC(C)C.COC(=O)c1ccc(OC2CCN(C(=O)CNC(=O)C(CC3CCCC3)CN(O)C=O)CC2)cc1. The van der Waals surface area contributed by atoms with Crippen LogP contribution < -0.4 is 10.1 Å². The summed E-state index contributed by atoms with van der Waals surface area (Å²) >= 11 is 0. The molecular weight excluding hydrogens is 502 g/mol. The molecule has 1 aliphatic carbocycles. The maximum absolute atomic E-state index is 12.7. The summed E-state index contributed by atoms with van der Waals surface area (Å²) in [7, 11) is 1.33. The van der Waals surface area contributed by atoms with Gasteiger partial charge in [0.25, 0.3) is 0 Å². The molecule has 2 aliphatic rings. The minimum Gasteiger partial charge on any atom is -0.490 e. The van der Waals surface area contributed by atoms with E-state index < -0.39 is 11.9 Å². The van der Waals surface area contributed by atoms with Crippen LogP contribution in [0.5, 0.6) is 5.75 Å². The fourth-order valence-corrected chi connectivity index (χ4v) is 4.80. The highest BCUT2D eigenvalue weighted by Crippen LogP contribution is 2.30. The van der Waals surface area contributed by atoms with Crippen molar-refractivity contribution in [3.05, 3.63) is 29.8 Å². The number of hydrogen-bond acceptors (Lipinski definition) is 7. The van der Waals surface area contributed by atoms with Gasteiger partial charge in [0.05, 0.1) is 31.7 Å². The molecule has 2 N–H and O–H groups in total. The first kappa shape index (κ1) is 32.1. The fourth-order valence-electron chi connectivity index (χ4n) is 4.80.